The van der Waals surface area contributed by atoms with Crippen LogP contribution in [0.2, 0.25) is 0 Å². The number of aliphatic hydroxyl groups excluding tert-OH is 1. The first kappa shape index (κ1) is 25.9. The highest BCUT2D eigenvalue weighted by molar-refractivity contribution is 4.65. The Hall–Kier alpha value is -0.120. The first-order valence-corrected chi connectivity index (χ1v) is 11.8. The van der Waals surface area contributed by atoms with Crippen LogP contribution in [0.3, 0.4) is 0 Å². The van der Waals surface area contributed by atoms with Gasteiger partial charge in [-0.15, -0.1) is 0 Å². The van der Waals surface area contributed by atoms with Crippen molar-refractivity contribution in [2.45, 2.75) is 123 Å². The van der Waals surface area contributed by atoms with E-state index in [1.165, 1.54) is 96.3 Å². The van der Waals surface area contributed by atoms with E-state index in [4.69, 9.17) is 9.84 Å². The molecule has 0 saturated carbocycles. The maximum absolute atomic E-state index is 8.78. The van der Waals surface area contributed by atoms with Gasteiger partial charge in [0.2, 0.25) is 0 Å². The van der Waals surface area contributed by atoms with Crippen LogP contribution in [-0.2, 0) is 4.74 Å². The van der Waals surface area contributed by atoms with Gasteiger partial charge in [-0.3, -0.25) is 0 Å². The molecule has 2 N–H and O–H groups in total. The van der Waals surface area contributed by atoms with Crippen LogP contribution >= 0.6 is 0 Å². The van der Waals surface area contributed by atoms with Crippen molar-refractivity contribution in [2.75, 3.05) is 26.4 Å². The van der Waals surface area contributed by atoms with Crippen molar-refractivity contribution in [3.05, 3.63) is 0 Å². The van der Waals surface area contributed by atoms with Gasteiger partial charge >= 0.3 is 0 Å². The molecule has 3 heteroatoms. The third-order valence-corrected chi connectivity index (χ3v) is 5.16. The average Bonchev–Trinajstić information content (AvgIpc) is 2.65. The largest absolute Gasteiger partial charge is 0.396 e. The number of rotatable bonds is 22. The van der Waals surface area contributed by atoms with Gasteiger partial charge in [0, 0.05) is 19.3 Å². The van der Waals surface area contributed by atoms with E-state index in [0.29, 0.717) is 12.6 Å². The summed E-state index contributed by atoms with van der Waals surface area (Å²) in [4.78, 5) is 0. The Kier molecular flexibility index (Phi) is 22.8. The number of hydrogen-bond donors (Lipinski definition) is 2. The predicted molar refractivity (Wildman–Crippen MR) is 115 cm³/mol. The molecule has 0 aliphatic rings. The first-order chi connectivity index (χ1) is 12.8. The Morgan fingerprint density at radius 1 is 0.692 bits per heavy atom. The molecule has 1 atom stereocenters. The minimum absolute atomic E-state index is 0.227. The summed E-state index contributed by atoms with van der Waals surface area (Å²) in [5.74, 6) is 0. The third-order valence-electron chi connectivity index (χ3n) is 5.16. The summed E-state index contributed by atoms with van der Waals surface area (Å²) < 4.78 is 5.64. The summed E-state index contributed by atoms with van der Waals surface area (Å²) in [5.41, 5.74) is 0. The van der Waals surface area contributed by atoms with E-state index in [9.17, 15) is 0 Å². The molecule has 1 unspecified atom stereocenters. The van der Waals surface area contributed by atoms with Crippen LogP contribution in [0.5, 0.6) is 0 Å². The lowest BCUT2D eigenvalue weighted by atomic mass is 10.0. The molecule has 0 rings (SSSR count). The van der Waals surface area contributed by atoms with Crippen molar-refractivity contribution in [1.29, 1.82) is 0 Å². The molecular formula is C23H49NO2. The van der Waals surface area contributed by atoms with Crippen LogP contribution in [0.15, 0.2) is 0 Å². The van der Waals surface area contributed by atoms with Gasteiger partial charge in [-0.05, 0) is 19.4 Å². The molecule has 0 aromatic heterocycles. The Morgan fingerprint density at radius 3 is 1.65 bits per heavy atom. The van der Waals surface area contributed by atoms with Crippen molar-refractivity contribution in [1.82, 2.24) is 5.32 Å². The van der Waals surface area contributed by atoms with Crippen molar-refractivity contribution in [3.8, 4) is 0 Å². The minimum atomic E-state index is 0.227. The fraction of sp³-hybridized carbons (Fsp3) is 1.00. The molecule has 158 valence electrons. The van der Waals surface area contributed by atoms with Crippen molar-refractivity contribution >= 4 is 0 Å². The molecule has 0 spiro atoms. The fourth-order valence-corrected chi connectivity index (χ4v) is 3.51. The normalized spacial score (nSPS) is 12.6. The maximum Gasteiger partial charge on any atom is 0.0619 e. The van der Waals surface area contributed by atoms with Crippen LogP contribution in [-0.4, -0.2) is 37.5 Å². The van der Waals surface area contributed by atoms with Crippen LogP contribution in [0.25, 0.3) is 0 Å². The second-order valence-electron chi connectivity index (χ2n) is 7.79. The Morgan fingerprint density at radius 2 is 1.19 bits per heavy atom. The zero-order valence-electron chi connectivity index (χ0n) is 18.1. The highest BCUT2D eigenvalue weighted by atomic mass is 16.5. The highest BCUT2D eigenvalue weighted by Crippen LogP contribution is 2.13. The molecule has 0 saturated heterocycles. The molecule has 0 aromatic rings. The van der Waals surface area contributed by atoms with Crippen molar-refractivity contribution < 1.29 is 9.84 Å². The lowest BCUT2D eigenvalue weighted by molar-refractivity contribution is 0.0945. The minimum Gasteiger partial charge on any atom is -0.396 e. The molecule has 26 heavy (non-hydrogen) atoms. The second-order valence-corrected chi connectivity index (χ2v) is 7.79. The smallest absolute Gasteiger partial charge is 0.0619 e. The number of aliphatic hydroxyl groups is 1. The van der Waals surface area contributed by atoms with E-state index >= 15 is 0 Å². The van der Waals surface area contributed by atoms with Gasteiger partial charge in [0.1, 0.15) is 0 Å². The molecule has 0 bridgehead atoms. The average molecular weight is 372 g/mol. The standard InChI is InChI=1S/C23H49NO2/c1-3-5-6-7-8-9-10-11-12-13-14-15-16-17-19-23(24-4-2)22-26-21-18-20-25/h23-25H,3-22H2,1-2H3. The van der Waals surface area contributed by atoms with Gasteiger partial charge in [0.05, 0.1) is 6.61 Å². The fourth-order valence-electron chi connectivity index (χ4n) is 3.51. The number of nitrogens with one attached hydrogen (secondary N) is 1. The van der Waals surface area contributed by atoms with E-state index < -0.39 is 0 Å². The maximum atomic E-state index is 8.78. The first-order valence-electron chi connectivity index (χ1n) is 11.8. The van der Waals surface area contributed by atoms with Gasteiger partial charge < -0.3 is 15.2 Å². The molecule has 0 aromatic carbocycles. The van der Waals surface area contributed by atoms with Gasteiger partial charge in [-0.25, -0.2) is 0 Å². The van der Waals surface area contributed by atoms with E-state index in [1.807, 2.05) is 0 Å². The second kappa shape index (κ2) is 22.9. The van der Waals surface area contributed by atoms with Crippen LogP contribution in [0.1, 0.15) is 117 Å². The van der Waals surface area contributed by atoms with Crippen molar-refractivity contribution in [2.24, 2.45) is 0 Å². The molecule has 0 heterocycles. The molecule has 0 amide bonds. The molecule has 0 radical (unpaired) electrons. The number of unbranched alkanes of at least 4 members (excludes halogenated alkanes) is 13. The topological polar surface area (TPSA) is 41.5 Å². The summed E-state index contributed by atoms with van der Waals surface area (Å²) in [5, 5.41) is 12.3. The Balaban J connectivity index is 3.29. The molecule has 3 nitrogen and oxygen atoms in total. The van der Waals surface area contributed by atoms with E-state index in [0.717, 1.165) is 19.6 Å². The van der Waals surface area contributed by atoms with Gasteiger partial charge in [0.25, 0.3) is 0 Å². The number of ether oxygens (including phenoxy) is 1. The van der Waals surface area contributed by atoms with Gasteiger partial charge in [0.15, 0.2) is 0 Å². The molecule has 0 aliphatic carbocycles. The van der Waals surface area contributed by atoms with E-state index in [1.54, 1.807) is 0 Å². The lowest BCUT2D eigenvalue weighted by Crippen LogP contribution is -2.33. The summed E-state index contributed by atoms with van der Waals surface area (Å²) in [7, 11) is 0. The summed E-state index contributed by atoms with van der Waals surface area (Å²) in [6.45, 7) is 7.14. The predicted octanol–water partition coefficient (Wildman–Crippen LogP) is 6.23. The quantitative estimate of drug-likeness (QED) is 0.221. The third kappa shape index (κ3) is 20.2. The van der Waals surface area contributed by atoms with Gasteiger partial charge in [-0.2, -0.15) is 0 Å². The van der Waals surface area contributed by atoms with Gasteiger partial charge in [-0.1, -0.05) is 104 Å². The lowest BCUT2D eigenvalue weighted by Gasteiger charge is -2.17. The van der Waals surface area contributed by atoms with Crippen LogP contribution in [0, 0.1) is 0 Å². The Bertz CT molecular complexity index is 248. The van der Waals surface area contributed by atoms with Crippen LogP contribution < -0.4 is 5.32 Å². The summed E-state index contributed by atoms with van der Waals surface area (Å²) in [6, 6.07) is 0.482. The van der Waals surface area contributed by atoms with E-state index in [2.05, 4.69) is 19.2 Å². The number of likely N-dealkylation sites (N-methyl/N-ethyl adjacent to an activating group) is 1. The SMILES string of the molecule is CCCCCCCCCCCCCCCCC(COCCCO)NCC. The molecule has 0 fully saturated rings. The van der Waals surface area contributed by atoms with Crippen molar-refractivity contribution in [3.63, 3.8) is 0 Å². The van der Waals surface area contributed by atoms with E-state index in [-0.39, 0.29) is 6.61 Å². The highest BCUT2D eigenvalue weighted by Gasteiger charge is 2.06. The van der Waals surface area contributed by atoms with Crippen LogP contribution in [0.4, 0.5) is 0 Å². The molecular weight excluding hydrogens is 322 g/mol. The zero-order chi connectivity index (χ0) is 19.1. The summed E-state index contributed by atoms with van der Waals surface area (Å²) >= 11 is 0. The summed E-state index contributed by atoms with van der Waals surface area (Å²) in [6.07, 6.45) is 21.8. The Labute approximate surface area is 164 Å². The molecule has 0 aliphatic heterocycles. The monoisotopic (exact) mass is 371 g/mol. The number of hydrogen-bond acceptors (Lipinski definition) is 3. The zero-order valence-corrected chi connectivity index (χ0v) is 18.1.